The number of carbonyl (C=O) groups excluding carboxylic acids is 1. The van der Waals surface area contributed by atoms with Gasteiger partial charge in [-0.3, -0.25) is 19.7 Å². The molecule has 14 rings (SSSR count). The first-order valence-corrected chi connectivity index (χ1v) is 40.0. The maximum Gasteiger partial charge on any atom is 0.418 e. The molecule has 16 nitrogen and oxygen atoms in total. The van der Waals surface area contributed by atoms with E-state index in [-0.39, 0.29) is 5.97 Å². The number of oxazole rings is 1. The van der Waals surface area contributed by atoms with Gasteiger partial charge in [-0.25, -0.2) is 29.7 Å². The van der Waals surface area contributed by atoms with Crippen LogP contribution in [0.5, 0.6) is 5.75 Å². The topological polar surface area (TPSA) is 213 Å². The Hall–Kier alpha value is -6.94. The number of pyridine rings is 4. The van der Waals surface area contributed by atoms with Gasteiger partial charge >= 0.3 is 11.7 Å². The van der Waals surface area contributed by atoms with Crippen molar-refractivity contribution < 1.29 is 18.5 Å². The fraction of sp³-hybridized carbons (Fsp3) is 0.525. The molecule has 20 heteroatoms. The van der Waals surface area contributed by atoms with Gasteiger partial charge in [0.15, 0.2) is 22.6 Å². The smallest absolute Gasteiger partial charge is 0.418 e. The van der Waals surface area contributed by atoms with Gasteiger partial charge in [-0.05, 0) is 114 Å². The number of hydrogen-bond acceptors (Lipinski definition) is 19. The van der Waals surface area contributed by atoms with Crippen LogP contribution in [0, 0.1) is 0 Å². The lowest BCUT2D eigenvalue weighted by Crippen LogP contribution is -2.22. The second kappa shape index (κ2) is 50.4. The van der Waals surface area contributed by atoms with Crippen LogP contribution in [0.3, 0.4) is 0 Å². The van der Waals surface area contributed by atoms with E-state index in [1.54, 1.807) is 62.8 Å². The number of thiophene rings is 1. The van der Waals surface area contributed by atoms with Crippen LogP contribution in [-0.2, 0) is 37.1 Å². The number of ether oxygens (including phenoxy) is 1. The largest absolute Gasteiger partial charge is 0.424 e. The Kier molecular flexibility index (Phi) is 45.9. The van der Waals surface area contributed by atoms with Gasteiger partial charge in [0, 0.05) is 82.0 Å². The molecule has 0 spiro atoms. The number of esters is 1. The summed E-state index contributed by atoms with van der Waals surface area (Å²) < 4.78 is 16.4. The Balaban J connectivity index is 0.000000566. The van der Waals surface area contributed by atoms with Crippen molar-refractivity contribution >= 4 is 94.2 Å². The summed E-state index contributed by atoms with van der Waals surface area (Å²) in [5.41, 5.74) is 18.1. The van der Waals surface area contributed by atoms with E-state index in [2.05, 4.69) is 177 Å². The first-order chi connectivity index (χ1) is 48.2. The van der Waals surface area contributed by atoms with Crippen molar-refractivity contribution in [2.24, 2.45) is 0 Å². The molecule has 1 aromatic carbocycles. The molecule has 0 saturated heterocycles. The fourth-order valence-corrected chi connectivity index (χ4v) is 12.8. The Morgan fingerprint density at radius 3 is 1.71 bits per heavy atom. The van der Waals surface area contributed by atoms with Crippen molar-refractivity contribution in [2.75, 3.05) is 13.1 Å². The lowest BCUT2D eigenvalue weighted by atomic mass is 10.0. The highest BCUT2D eigenvalue weighted by Crippen LogP contribution is 2.34. The third-order valence-electron chi connectivity index (χ3n) is 14.3. The summed E-state index contributed by atoms with van der Waals surface area (Å²) >= 11 is 7.14. The van der Waals surface area contributed by atoms with Gasteiger partial charge in [-0.2, -0.15) is 0 Å². The molecule has 10 aromatic heterocycles. The number of thiazole rings is 3. The fourth-order valence-electron chi connectivity index (χ4n) is 9.19. The van der Waals surface area contributed by atoms with Crippen LogP contribution in [0.4, 0.5) is 0 Å². The minimum Gasteiger partial charge on any atom is -0.424 e. The van der Waals surface area contributed by atoms with Gasteiger partial charge < -0.3 is 24.3 Å². The Morgan fingerprint density at radius 2 is 1.11 bits per heavy atom. The minimum absolute atomic E-state index is 0.199. The number of aromatic amines is 1. The molecule has 0 amide bonds. The molecule has 552 valence electrons. The summed E-state index contributed by atoms with van der Waals surface area (Å²) in [5.74, 6) is 3.60. The number of rotatable bonds is 7. The molecule has 0 bridgehead atoms. The summed E-state index contributed by atoms with van der Waals surface area (Å²) in [6, 6.07) is 18.7. The van der Waals surface area contributed by atoms with E-state index >= 15 is 0 Å². The zero-order valence-electron chi connectivity index (χ0n) is 65.9. The third-order valence-corrected chi connectivity index (χ3v) is 18.7. The maximum atomic E-state index is 11.0. The van der Waals surface area contributed by atoms with E-state index < -0.39 is 5.76 Å². The first-order valence-electron chi connectivity index (χ1n) is 36.6. The Morgan fingerprint density at radius 1 is 0.500 bits per heavy atom. The van der Waals surface area contributed by atoms with Gasteiger partial charge in [-0.15, -0.1) is 45.3 Å². The monoisotopic (exact) mass is 1450 g/mol. The summed E-state index contributed by atoms with van der Waals surface area (Å²) in [5, 5.41) is 11.8. The molecule has 3 N–H and O–H groups in total. The second-order valence-corrected chi connectivity index (χ2v) is 27.3. The average molecular weight is 1450 g/mol. The number of hydrogen-bond donors (Lipinski definition) is 3. The molecule has 0 radical (unpaired) electrons. The standard InChI is InChI=1S/C10H11NO2.C10H15NS.C10H11NS.C9H10N2O2.C9H10N2O.C9H14N2S.C9H10N2S.7C2H6/c1-6(2)7-3-4-11-8-5-9(12)13-10(7)8;1-7(2)9-5-8-3-4-11-6-10(8)12-9;1-7(2)8-3-4-10-9(5-8)11-6-12-10;1-5(2)6-3-7-8(10-4-6)11-9(12)13-7;1-6(2)7-3-4-10-8-5-11-12-9(7)8;1-6(2)9-11-7-3-4-10-5-8(7)12-9;1-6(2)7-3-4-8-9(11-7)12-5-10-8;7*1-2/h3-4,6H,5H2,1-2H3;5,7,11H,3-4,6H2,1-2H3;3-7H,1-2H3;3-5H,1-2H3,(H,10,11,12);3-6H,1-2H3;6,10H,3-5H2,1-2H3;3-6H,1-2H3;7*1-2H3. The molecule has 11 aromatic rings. The van der Waals surface area contributed by atoms with Gasteiger partial charge in [0.1, 0.15) is 10.3 Å². The molecular weight excluding hydrogens is 1320 g/mol. The van der Waals surface area contributed by atoms with Crippen LogP contribution in [-0.4, -0.2) is 64.1 Å². The lowest BCUT2D eigenvalue weighted by Gasteiger charge is -2.10. The van der Waals surface area contributed by atoms with Gasteiger partial charge in [0.2, 0.25) is 0 Å². The zero-order chi connectivity index (χ0) is 75.6. The third kappa shape index (κ3) is 28.8. The predicted molar refractivity (Wildman–Crippen MR) is 432 cm³/mol. The zero-order valence-corrected chi connectivity index (χ0v) is 69.2. The number of fused-ring (bicyclic) bond motifs is 7. The van der Waals surface area contributed by atoms with Crippen molar-refractivity contribution in [3.63, 3.8) is 0 Å². The highest BCUT2D eigenvalue weighted by molar-refractivity contribution is 7.17. The number of nitrogens with one attached hydrogen (secondary N) is 3. The number of H-pyrrole nitrogens is 1. The summed E-state index contributed by atoms with van der Waals surface area (Å²) in [6.07, 6.45) is 9.55. The quantitative estimate of drug-likeness (QED) is 0.127. The van der Waals surface area contributed by atoms with Crippen LogP contribution in [0.1, 0.15) is 300 Å². The molecule has 13 heterocycles. The average Bonchev–Trinajstić information content (AvgIpc) is 1.70. The first kappa shape index (κ1) is 91.1. The van der Waals surface area contributed by atoms with Crippen LogP contribution in [0.25, 0.3) is 42.9 Å². The summed E-state index contributed by atoms with van der Waals surface area (Å²) in [4.78, 5) is 59.8. The lowest BCUT2D eigenvalue weighted by molar-refractivity contribution is -0.131. The molecule has 100 heavy (non-hydrogen) atoms. The number of aromatic nitrogens is 9. The highest BCUT2D eigenvalue weighted by atomic mass is 32.1. The molecule has 3 aliphatic heterocycles. The molecule has 0 aliphatic carbocycles. The predicted octanol–water partition coefficient (Wildman–Crippen LogP) is 23.5. The molecule has 0 saturated carbocycles. The van der Waals surface area contributed by atoms with Crippen molar-refractivity contribution in [3.05, 3.63) is 165 Å². The Bertz CT molecular complexity index is 3830. The molecule has 0 unspecified atom stereocenters. The van der Waals surface area contributed by atoms with E-state index in [9.17, 15) is 9.59 Å². The van der Waals surface area contributed by atoms with E-state index in [1.165, 1.54) is 32.3 Å². The van der Waals surface area contributed by atoms with Crippen LogP contribution in [0.2, 0.25) is 0 Å². The van der Waals surface area contributed by atoms with E-state index in [0.29, 0.717) is 64.8 Å². The summed E-state index contributed by atoms with van der Waals surface area (Å²) in [7, 11) is 0. The number of nitrogens with zero attached hydrogens (tertiary/aromatic N) is 8. The van der Waals surface area contributed by atoms with Crippen LogP contribution < -0.4 is 21.1 Å². The summed E-state index contributed by atoms with van der Waals surface area (Å²) in [6.45, 7) is 62.5. The van der Waals surface area contributed by atoms with Gasteiger partial charge in [-0.1, -0.05) is 205 Å². The van der Waals surface area contributed by atoms with Gasteiger partial charge in [0.25, 0.3) is 0 Å². The molecule has 3 aliphatic rings. The molecular formula is C80H123N11O5S4. The van der Waals surface area contributed by atoms with Crippen molar-refractivity contribution in [3.8, 4) is 5.75 Å². The molecule has 0 fully saturated rings. The normalized spacial score (nSPS) is 11.8. The Labute approximate surface area is 616 Å². The highest BCUT2D eigenvalue weighted by Gasteiger charge is 2.25. The van der Waals surface area contributed by atoms with Crippen molar-refractivity contribution in [1.82, 2.24) is 55.7 Å². The minimum atomic E-state index is -0.455. The number of carbonyl (C=O) groups is 1. The van der Waals surface area contributed by atoms with Crippen LogP contribution >= 0.6 is 45.3 Å². The molecule has 0 atom stereocenters. The van der Waals surface area contributed by atoms with Crippen molar-refractivity contribution in [2.45, 2.75) is 268 Å². The SMILES string of the molecule is CC.CC.CC.CC.CC.CC.CC.CC(C)c1cc2c(s1)CNCC2.CC(C)c1ccc2ncsc2n1.CC(C)c1ccc2scnc2c1.CC(C)c1ccnc2c1OC(=O)C2.CC(C)c1ccnc2cnoc12.CC(C)c1cnc2[nH]c(=O)oc2c1.CC(C)c1nc2c(s1)CNCC2. The van der Waals surface area contributed by atoms with Gasteiger partial charge in [0.05, 0.1) is 55.8 Å². The van der Waals surface area contributed by atoms with E-state index in [1.807, 2.05) is 161 Å². The second-order valence-electron chi connectivity index (χ2n) is 23.3. The van der Waals surface area contributed by atoms with Crippen molar-refractivity contribution in [1.29, 1.82) is 0 Å². The van der Waals surface area contributed by atoms with E-state index in [4.69, 9.17) is 13.7 Å². The number of benzene rings is 1. The van der Waals surface area contributed by atoms with Crippen LogP contribution in [0.15, 0.2) is 104 Å². The maximum absolute atomic E-state index is 11.0. The van der Waals surface area contributed by atoms with E-state index in [0.717, 1.165) is 87.6 Å².